The summed E-state index contributed by atoms with van der Waals surface area (Å²) >= 11 is 0. The van der Waals surface area contributed by atoms with E-state index in [1.807, 2.05) is 6.07 Å². The number of hydrogen-bond donors (Lipinski definition) is 3. The lowest BCUT2D eigenvalue weighted by molar-refractivity contribution is -0.137. The van der Waals surface area contributed by atoms with Crippen LogP contribution in [0.5, 0.6) is 0 Å². The van der Waals surface area contributed by atoms with Crippen molar-refractivity contribution in [1.82, 2.24) is 5.32 Å². The fraction of sp³-hybridized carbons (Fsp3) is 0.318. The highest BCUT2D eigenvalue weighted by molar-refractivity contribution is 5.92. The first-order chi connectivity index (χ1) is 13.5. The zero-order chi connectivity index (χ0) is 19.9. The molecule has 0 aliphatic heterocycles. The van der Waals surface area contributed by atoms with E-state index < -0.39 is 12.5 Å². The molecule has 0 aromatic heterocycles. The average molecular weight is 380 g/mol. The number of carboxylic acid groups (broad SMARTS) is 1. The molecule has 0 saturated heterocycles. The van der Waals surface area contributed by atoms with E-state index in [1.54, 1.807) is 24.3 Å². The van der Waals surface area contributed by atoms with Crippen LogP contribution in [-0.2, 0) is 40.1 Å². The summed E-state index contributed by atoms with van der Waals surface area (Å²) in [5.41, 5.74) is 5.19. The van der Waals surface area contributed by atoms with Crippen LogP contribution < -0.4 is 10.6 Å². The Hall–Kier alpha value is -3.15. The minimum atomic E-state index is -1.08. The van der Waals surface area contributed by atoms with E-state index in [-0.39, 0.29) is 18.2 Å². The van der Waals surface area contributed by atoms with E-state index in [2.05, 4.69) is 22.8 Å². The summed E-state index contributed by atoms with van der Waals surface area (Å²) in [6, 6.07) is 13.3. The van der Waals surface area contributed by atoms with Crippen LogP contribution in [0.25, 0.3) is 0 Å². The van der Waals surface area contributed by atoms with Crippen LogP contribution >= 0.6 is 0 Å². The molecule has 1 aliphatic rings. The Kier molecular flexibility index (Phi) is 6.42. The van der Waals surface area contributed by atoms with Crippen LogP contribution in [0.4, 0.5) is 5.69 Å². The molecule has 2 aromatic carbocycles. The smallest absolute Gasteiger partial charge is 0.322 e. The number of aliphatic carboxylic acids is 1. The van der Waals surface area contributed by atoms with Gasteiger partial charge in [0.1, 0.15) is 6.54 Å². The molecule has 0 fully saturated rings. The number of carbonyl (C=O) groups excluding carboxylic acids is 2. The van der Waals surface area contributed by atoms with Crippen molar-refractivity contribution in [3.05, 3.63) is 64.7 Å². The third kappa shape index (κ3) is 5.67. The molecule has 3 rings (SSSR count). The number of fused-ring (bicyclic) bond motifs is 1. The van der Waals surface area contributed by atoms with E-state index >= 15 is 0 Å². The SMILES string of the molecule is O=C(O)CNC(=O)Cc1ccc(NC(=O)Cc2ccc3c(c2)CCCC3)cc1. The topological polar surface area (TPSA) is 95.5 Å². The van der Waals surface area contributed by atoms with Crippen LogP contribution in [-0.4, -0.2) is 29.4 Å². The van der Waals surface area contributed by atoms with Crippen molar-refractivity contribution < 1.29 is 19.5 Å². The second kappa shape index (κ2) is 9.17. The predicted molar refractivity (Wildman–Crippen MR) is 106 cm³/mol. The first-order valence-corrected chi connectivity index (χ1v) is 9.47. The number of amides is 2. The third-order valence-corrected chi connectivity index (χ3v) is 4.82. The Morgan fingerprint density at radius 2 is 1.46 bits per heavy atom. The highest BCUT2D eigenvalue weighted by Crippen LogP contribution is 2.22. The Balaban J connectivity index is 1.51. The Morgan fingerprint density at radius 3 is 2.18 bits per heavy atom. The van der Waals surface area contributed by atoms with Crippen LogP contribution in [0.3, 0.4) is 0 Å². The first-order valence-electron chi connectivity index (χ1n) is 9.47. The lowest BCUT2D eigenvalue weighted by Crippen LogP contribution is -2.30. The molecule has 0 spiro atoms. The lowest BCUT2D eigenvalue weighted by atomic mass is 9.90. The monoisotopic (exact) mass is 380 g/mol. The minimum absolute atomic E-state index is 0.0808. The molecule has 2 amide bonds. The van der Waals surface area contributed by atoms with Gasteiger partial charge in [-0.1, -0.05) is 30.3 Å². The van der Waals surface area contributed by atoms with Crippen molar-refractivity contribution in [2.75, 3.05) is 11.9 Å². The summed E-state index contributed by atoms with van der Waals surface area (Å²) in [4.78, 5) is 34.4. The van der Waals surface area contributed by atoms with Crippen molar-refractivity contribution in [1.29, 1.82) is 0 Å². The molecule has 28 heavy (non-hydrogen) atoms. The summed E-state index contributed by atoms with van der Waals surface area (Å²) < 4.78 is 0. The van der Waals surface area contributed by atoms with Gasteiger partial charge in [0.15, 0.2) is 0 Å². The normalized spacial score (nSPS) is 12.7. The number of benzene rings is 2. The second-order valence-corrected chi connectivity index (χ2v) is 7.08. The Labute approximate surface area is 164 Å². The molecule has 2 aromatic rings. The van der Waals surface area contributed by atoms with E-state index in [0.717, 1.165) is 24.0 Å². The predicted octanol–water partition coefficient (Wildman–Crippen LogP) is 2.49. The van der Waals surface area contributed by atoms with Gasteiger partial charge in [0.25, 0.3) is 0 Å². The quantitative estimate of drug-likeness (QED) is 0.688. The van der Waals surface area contributed by atoms with Gasteiger partial charge < -0.3 is 15.7 Å². The van der Waals surface area contributed by atoms with Crippen LogP contribution in [0.15, 0.2) is 42.5 Å². The van der Waals surface area contributed by atoms with Gasteiger partial charge in [-0.3, -0.25) is 14.4 Å². The maximum absolute atomic E-state index is 12.3. The summed E-state index contributed by atoms with van der Waals surface area (Å²) in [5, 5.41) is 13.7. The number of rotatable bonds is 7. The van der Waals surface area contributed by atoms with Gasteiger partial charge in [-0.05, 0) is 60.1 Å². The number of anilines is 1. The molecule has 0 heterocycles. The molecule has 3 N–H and O–H groups in total. The summed E-state index contributed by atoms with van der Waals surface area (Å²) in [6.45, 7) is -0.393. The summed E-state index contributed by atoms with van der Waals surface area (Å²) in [7, 11) is 0. The van der Waals surface area contributed by atoms with Crippen molar-refractivity contribution in [3.8, 4) is 0 Å². The van der Waals surface area contributed by atoms with Crippen molar-refractivity contribution in [2.24, 2.45) is 0 Å². The number of carboxylic acids is 1. The van der Waals surface area contributed by atoms with E-state index in [1.165, 1.54) is 24.0 Å². The van der Waals surface area contributed by atoms with Gasteiger partial charge in [-0.25, -0.2) is 0 Å². The van der Waals surface area contributed by atoms with Crippen molar-refractivity contribution in [3.63, 3.8) is 0 Å². The number of nitrogens with one attached hydrogen (secondary N) is 2. The zero-order valence-corrected chi connectivity index (χ0v) is 15.7. The molecule has 146 valence electrons. The van der Waals surface area contributed by atoms with E-state index in [9.17, 15) is 14.4 Å². The maximum Gasteiger partial charge on any atom is 0.322 e. The van der Waals surface area contributed by atoms with Crippen molar-refractivity contribution in [2.45, 2.75) is 38.5 Å². The Bertz CT molecular complexity index is 875. The number of hydrogen-bond acceptors (Lipinski definition) is 3. The Morgan fingerprint density at radius 1 is 0.821 bits per heavy atom. The van der Waals surface area contributed by atoms with Crippen LogP contribution in [0.1, 0.15) is 35.1 Å². The van der Waals surface area contributed by atoms with E-state index in [4.69, 9.17) is 5.11 Å². The van der Waals surface area contributed by atoms with Crippen LogP contribution in [0, 0.1) is 0 Å². The molecule has 0 unspecified atom stereocenters. The third-order valence-electron chi connectivity index (χ3n) is 4.82. The molecule has 0 bridgehead atoms. The summed E-state index contributed by atoms with van der Waals surface area (Å²) in [6.07, 6.45) is 5.09. The molecule has 6 heteroatoms. The van der Waals surface area contributed by atoms with Gasteiger partial charge in [0.05, 0.1) is 12.8 Å². The minimum Gasteiger partial charge on any atom is -0.480 e. The number of carbonyl (C=O) groups is 3. The molecule has 0 atom stereocenters. The fourth-order valence-corrected chi connectivity index (χ4v) is 3.42. The van der Waals surface area contributed by atoms with Crippen LogP contribution in [0.2, 0.25) is 0 Å². The lowest BCUT2D eigenvalue weighted by Gasteiger charge is -2.16. The van der Waals surface area contributed by atoms with Gasteiger partial charge in [0, 0.05) is 5.69 Å². The molecule has 0 radical (unpaired) electrons. The van der Waals surface area contributed by atoms with Gasteiger partial charge in [0.2, 0.25) is 11.8 Å². The second-order valence-electron chi connectivity index (χ2n) is 7.08. The average Bonchev–Trinajstić information content (AvgIpc) is 2.68. The molecule has 6 nitrogen and oxygen atoms in total. The highest BCUT2D eigenvalue weighted by atomic mass is 16.4. The molecular formula is C22H24N2O4. The molecular weight excluding hydrogens is 356 g/mol. The van der Waals surface area contributed by atoms with Gasteiger partial charge in [-0.15, -0.1) is 0 Å². The standard InChI is InChI=1S/C22H24N2O4/c25-20(23-14-22(27)28)12-15-6-9-19(10-7-15)24-21(26)13-16-5-8-17-3-1-2-4-18(17)11-16/h5-11H,1-4,12-14H2,(H,23,25)(H,24,26)(H,27,28). The van der Waals surface area contributed by atoms with Gasteiger partial charge in [-0.2, -0.15) is 0 Å². The largest absolute Gasteiger partial charge is 0.480 e. The first kappa shape index (κ1) is 19.6. The maximum atomic E-state index is 12.3. The van der Waals surface area contributed by atoms with E-state index in [0.29, 0.717) is 12.1 Å². The zero-order valence-electron chi connectivity index (χ0n) is 15.7. The van der Waals surface area contributed by atoms with Crippen molar-refractivity contribution >= 4 is 23.5 Å². The molecule has 0 saturated carbocycles. The van der Waals surface area contributed by atoms with Gasteiger partial charge >= 0.3 is 5.97 Å². The fourth-order valence-electron chi connectivity index (χ4n) is 3.42. The summed E-state index contributed by atoms with van der Waals surface area (Å²) in [5.74, 6) is -1.51. The highest BCUT2D eigenvalue weighted by Gasteiger charge is 2.11. The number of aryl methyl sites for hydroxylation is 2. The molecule has 1 aliphatic carbocycles.